The van der Waals surface area contributed by atoms with Crippen molar-refractivity contribution in [2.45, 2.75) is 74.5 Å². The highest BCUT2D eigenvalue weighted by molar-refractivity contribution is 6.51. The van der Waals surface area contributed by atoms with E-state index in [4.69, 9.17) is 32.7 Å². The quantitative estimate of drug-likeness (QED) is 0.736. The largest absolute Gasteiger partial charge is 0.478 e. The molecule has 1 heterocycles. The molecule has 0 aromatic heterocycles. The van der Waals surface area contributed by atoms with E-state index in [9.17, 15) is 4.79 Å². The van der Waals surface area contributed by atoms with Gasteiger partial charge in [-0.3, -0.25) is 4.79 Å². The number of halogens is 2. The molecule has 1 aromatic rings. The van der Waals surface area contributed by atoms with Crippen LogP contribution in [0.4, 0.5) is 0 Å². The fourth-order valence-electron chi connectivity index (χ4n) is 3.40. The Morgan fingerprint density at radius 3 is 2.38 bits per heavy atom. The van der Waals surface area contributed by atoms with Crippen LogP contribution in [0.25, 0.3) is 0 Å². The summed E-state index contributed by atoms with van der Waals surface area (Å²) in [7, 11) is 0. The van der Waals surface area contributed by atoms with Gasteiger partial charge in [-0.1, -0.05) is 12.1 Å². The number of hydrogen-bond acceptors (Lipinski definition) is 3. The highest BCUT2D eigenvalue weighted by Crippen LogP contribution is 2.59. The van der Waals surface area contributed by atoms with Crippen molar-refractivity contribution in [2.24, 2.45) is 0 Å². The van der Waals surface area contributed by atoms with E-state index in [-0.39, 0.29) is 23.5 Å². The molecule has 3 rings (SSSR count). The maximum atomic E-state index is 12.7. The third-order valence-corrected chi connectivity index (χ3v) is 5.90. The summed E-state index contributed by atoms with van der Waals surface area (Å²) < 4.78 is 11.0. The fourth-order valence-corrected chi connectivity index (χ4v) is 3.96. The summed E-state index contributed by atoms with van der Waals surface area (Å²) in [4.78, 5) is 12.7. The van der Waals surface area contributed by atoms with Gasteiger partial charge in [-0.2, -0.15) is 0 Å². The van der Waals surface area contributed by atoms with Gasteiger partial charge in [-0.05, 0) is 64.7 Å². The van der Waals surface area contributed by atoms with Crippen molar-refractivity contribution in [2.75, 3.05) is 6.61 Å². The number of alkyl halides is 2. The second kappa shape index (κ2) is 6.88. The molecule has 2 fully saturated rings. The van der Waals surface area contributed by atoms with Gasteiger partial charge in [0.15, 0.2) is 5.60 Å². The molecule has 0 radical (unpaired) electrons. The maximum Gasteiger partial charge on any atom is 0.263 e. The lowest BCUT2D eigenvalue weighted by molar-refractivity contribution is -0.137. The molecule has 6 heteroatoms. The number of rotatable bonds is 5. The van der Waals surface area contributed by atoms with Crippen LogP contribution in [0.3, 0.4) is 0 Å². The maximum absolute atomic E-state index is 12.7. The van der Waals surface area contributed by atoms with E-state index in [2.05, 4.69) is 5.32 Å². The average molecular weight is 400 g/mol. The standard InChI is InChI=1S/C20H27Cl2NO3/c1-18(2)11-14(9-10-25-18)23-17(24)19(3,4)26-15-7-5-13(6-8-15)16-12-20(16,21)22/h5-8,14,16H,9-12H2,1-4H3,(H,23,24)/t14-,16-/m0/s1. The molecule has 144 valence electrons. The van der Waals surface area contributed by atoms with E-state index in [0.717, 1.165) is 24.8 Å². The van der Waals surface area contributed by atoms with Crippen molar-refractivity contribution in [3.63, 3.8) is 0 Å². The summed E-state index contributed by atoms with van der Waals surface area (Å²) in [6.07, 6.45) is 2.38. The van der Waals surface area contributed by atoms with Crippen molar-refractivity contribution < 1.29 is 14.3 Å². The molecule has 1 saturated heterocycles. The van der Waals surface area contributed by atoms with Crippen LogP contribution in [-0.4, -0.2) is 34.1 Å². The Morgan fingerprint density at radius 2 is 1.85 bits per heavy atom. The third kappa shape index (κ3) is 4.65. The van der Waals surface area contributed by atoms with Gasteiger partial charge in [0.1, 0.15) is 10.1 Å². The number of carbonyl (C=O) groups is 1. The second-order valence-electron chi connectivity index (χ2n) is 8.47. The summed E-state index contributed by atoms with van der Waals surface area (Å²) >= 11 is 12.2. The molecular formula is C20H27Cl2NO3. The Bertz CT molecular complexity index is 670. The second-order valence-corrected chi connectivity index (χ2v) is 10.0. The normalized spacial score (nSPS) is 26.8. The highest BCUT2D eigenvalue weighted by Gasteiger charge is 2.52. The van der Waals surface area contributed by atoms with Crippen molar-refractivity contribution in [1.29, 1.82) is 0 Å². The topological polar surface area (TPSA) is 47.6 Å². The van der Waals surface area contributed by atoms with E-state index in [0.29, 0.717) is 12.4 Å². The van der Waals surface area contributed by atoms with Gasteiger partial charge in [-0.25, -0.2) is 0 Å². The Hall–Kier alpha value is -0.970. The average Bonchev–Trinajstić information content (AvgIpc) is 3.15. The lowest BCUT2D eigenvalue weighted by Crippen LogP contribution is -2.53. The SMILES string of the molecule is CC1(C)C[C@@H](NC(=O)C(C)(C)Oc2ccc([C@@H]3CC3(Cl)Cl)cc2)CCO1. The van der Waals surface area contributed by atoms with Gasteiger partial charge in [-0.15, -0.1) is 23.2 Å². The summed E-state index contributed by atoms with van der Waals surface area (Å²) in [5, 5.41) is 3.11. The van der Waals surface area contributed by atoms with E-state index in [1.165, 1.54) is 0 Å². The van der Waals surface area contributed by atoms with Crippen molar-refractivity contribution >= 4 is 29.1 Å². The first kappa shape index (κ1) is 19.8. The molecule has 0 bridgehead atoms. The molecule has 0 spiro atoms. The van der Waals surface area contributed by atoms with Gasteiger partial charge in [0, 0.05) is 18.6 Å². The Kier molecular flexibility index (Phi) is 5.24. The van der Waals surface area contributed by atoms with Crippen molar-refractivity contribution in [1.82, 2.24) is 5.32 Å². The lowest BCUT2D eigenvalue weighted by atomic mass is 9.93. The predicted octanol–water partition coefficient (Wildman–Crippen LogP) is 4.58. The van der Waals surface area contributed by atoms with Crippen molar-refractivity contribution in [3.05, 3.63) is 29.8 Å². The first-order valence-corrected chi connectivity index (χ1v) is 9.86. The molecular weight excluding hydrogens is 373 g/mol. The van der Waals surface area contributed by atoms with Crippen LogP contribution in [0, 0.1) is 0 Å². The monoisotopic (exact) mass is 399 g/mol. The fraction of sp³-hybridized carbons (Fsp3) is 0.650. The van der Waals surface area contributed by atoms with Gasteiger partial charge < -0.3 is 14.8 Å². The number of ether oxygens (including phenoxy) is 2. The van der Waals surface area contributed by atoms with Crippen LogP contribution in [0.15, 0.2) is 24.3 Å². The number of amides is 1. The molecule has 1 N–H and O–H groups in total. The zero-order chi connectivity index (χ0) is 19.2. The number of benzene rings is 1. The van der Waals surface area contributed by atoms with E-state index < -0.39 is 9.93 Å². The molecule has 26 heavy (non-hydrogen) atoms. The predicted molar refractivity (Wildman–Crippen MR) is 104 cm³/mol. The molecule has 1 amide bonds. The van der Waals surface area contributed by atoms with Crippen LogP contribution in [0.2, 0.25) is 0 Å². The number of hydrogen-bond donors (Lipinski definition) is 1. The van der Waals surface area contributed by atoms with Gasteiger partial charge in [0.25, 0.3) is 5.91 Å². The first-order chi connectivity index (χ1) is 12.0. The minimum Gasteiger partial charge on any atom is -0.478 e. The lowest BCUT2D eigenvalue weighted by Gasteiger charge is -2.37. The zero-order valence-corrected chi connectivity index (χ0v) is 17.3. The Labute approximate surface area is 165 Å². The molecule has 0 unspecified atom stereocenters. The third-order valence-electron chi connectivity index (χ3n) is 5.06. The smallest absolute Gasteiger partial charge is 0.263 e. The summed E-state index contributed by atoms with van der Waals surface area (Å²) in [5.41, 5.74) is -0.0827. The minimum absolute atomic E-state index is 0.104. The zero-order valence-electron chi connectivity index (χ0n) is 15.8. The van der Waals surface area contributed by atoms with Crippen molar-refractivity contribution in [3.8, 4) is 5.75 Å². The summed E-state index contributed by atoms with van der Waals surface area (Å²) in [5.74, 6) is 0.705. The number of nitrogens with one attached hydrogen (secondary N) is 1. The van der Waals surface area contributed by atoms with E-state index >= 15 is 0 Å². The summed E-state index contributed by atoms with van der Waals surface area (Å²) in [6.45, 7) is 8.31. The van der Waals surface area contributed by atoms with Crippen LogP contribution >= 0.6 is 23.2 Å². The molecule has 2 aliphatic rings. The minimum atomic E-state index is -0.966. The van der Waals surface area contributed by atoms with E-state index in [1.54, 1.807) is 13.8 Å². The molecule has 1 aromatic carbocycles. The van der Waals surface area contributed by atoms with Gasteiger partial charge in [0.2, 0.25) is 0 Å². The van der Waals surface area contributed by atoms with Gasteiger partial charge >= 0.3 is 0 Å². The molecule has 1 aliphatic carbocycles. The van der Waals surface area contributed by atoms with Crippen LogP contribution in [0.5, 0.6) is 5.75 Å². The Morgan fingerprint density at radius 1 is 1.23 bits per heavy atom. The summed E-state index contributed by atoms with van der Waals surface area (Å²) in [6, 6.07) is 7.75. The van der Waals surface area contributed by atoms with Crippen LogP contribution in [-0.2, 0) is 9.53 Å². The van der Waals surface area contributed by atoms with Crippen LogP contribution < -0.4 is 10.1 Å². The van der Waals surface area contributed by atoms with Gasteiger partial charge in [0.05, 0.1) is 5.60 Å². The Balaban J connectivity index is 1.58. The van der Waals surface area contributed by atoms with E-state index in [1.807, 2.05) is 38.1 Å². The molecule has 1 aliphatic heterocycles. The molecule has 1 saturated carbocycles. The molecule has 4 nitrogen and oxygen atoms in total. The van der Waals surface area contributed by atoms with Crippen LogP contribution in [0.1, 0.15) is 58.4 Å². The number of carbonyl (C=O) groups excluding carboxylic acids is 1. The first-order valence-electron chi connectivity index (χ1n) is 9.10. The molecule has 2 atom stereocenters. The highest BCUT2D eigenvalue weighted by atomic mass is 35.5.